The molecular formula is C12H12Br2N2O2S2. The van der Waals surface area contributed by atoms with E-state index in [0.29, 0.717) is 15.7 Å². The summed E-state index contributed by atoms with van der Waals surface area (Å²) in [6, 6.07) is 5.12. The predicted molar refractivity (Wildman–Crippen MR) is 89.3 cm³/mol. The Morgan fingerprint density at radius 3 is 2.55 bits per heavy atom. The summed E-state index contributed by atoms with van der Waals surface area (Å²) < 4.78 is 28.9. The Morgan fingerprint density at radius 2 is 1.95 bits per heavy atom. The maximum Gasteiger partial charge on any atom is 0.241 e. The maximum atomic E-state index is 12.3. The highest BCUT2D eigenvalue weighted by molar-refractivity contribution is 9.10. The molecule has 2 rings (SSSR count). The number of thiophene rings is 1. The predicted octanol–water partition coefficient (Wildman–Crippen LogP) is 3.64. The molecule has 0 fully saturated rings. The normalized spacial score (nSPS) is 11.8. The average molecular weight is 440 g/mol. The van der Waals surface area contributed by atoms with Crippen molar-refractivity contribution in [3.63, 3.8) is 0 Å². The third kappa shape index (κ3) is 3.62. The highest BCUT2D eigenvalue weighted by atomic mass is 79.9. The molecule has 20 heavy (non-hydrogen) atoms. The van der Waals surface area contributed by atoms with Crippen molar-refractivity contribution in [2.24, 2.45) is 0 Å². The van der Waals surface area contributed by atoms with E-state index >= 15 is 0 Å². The van der Waals surface area contributed by atoms with Crippen LogP contribution in [-0.2, 0) is 16.6 Å². The minimum absolute atomic E-state index is 0.194. The van der Waals surface area contributed by atoms with E-state index in [1.807, 2.05) is 11.4 Å². The van der Waals surface area contributed by atoms with Crippen molar-refractivity contribution < 1.29 is 8.42 Å². The fraction of sp³-hybridized carbons (Fsp3) is 0.167. The van der Waals surface area contributed by atoms with Gasteiger partial charge in [0.25, 0.3) is 0 Å². The van der Waals surface area contributed by atoms with E-state index in [-0.39, 0.29) is 11.4 Å². The van der Waals surface area contributed by atoms with E-state index in [1.165, 1.54) is 11.3 Å². The van der Waals surface area contributed by atoms with Gasteiger partial charge in [-0.15, -0.1) is 11.3 Å². The van der Waals surface area contributed by atoms with Crippen LogP contribution in [0.25, 0.3) is 0 Å². The smallest absolute Gasteiger partial charge is 0.241 e. The minimum Gasteiger partial charge on any atom is -0.398 e. The number of halogens is 2. The van der Waals surface area contributed by atoms with E-state index in [1.54, 1.807) is 19.1 Å². The lowest BCUT2D eigenvalue weighted by Crippen LogP contribution is -2.24. The van der Waals surface area contributed by atoms with Gasteiger partial charge in [0.2, 0.25) is 10.0 Å². The van der Waals surface area contributed by atoms with Crippen molar-refractivity contribution in [2.75, 3.05) is 5.73 Å². The molecular weight excluding hydrogens is 428 g/mol. The minimum atomic E-state index is -3.59. The first-order valence-electron chi connectivity index (χ1n) is 5.58. The highest BCUT2D eigenvalue weighted by Crippen LogP contribution is 2.26. The molecule has 108 valence electrons. The van der Waals surface area contributed by atoms with Crippen LogP contribution in [0.15, 0.2) is 37.4 Å². The van der Waals surface area contributed by atoms with E-state index in [0.717, 1.165) is 9.35 Å². The summed E-state index contributed by atoms with van der Waals surface area (Å²) >= 11 is 8.09. The zero-order valence-electron chi connectivity index (χ0n) is 10.5. The van der Waals surface area contributed by atoms with Crippen LogP contribution in [0, 0.1) is 6.92 Å². The lowest BCUT2D eigenvalue weighted by Gasteiger charge is -2.11. The number of sulfonamides is 1. The zero-order valence-corrected chi connectivity index (χ0v) is 15.3. The molecule has 0 aliphatic rings. The number of hydrogen-bond acceptors (Lipinski definition) is 4. The van der Waals surface area contributed by atoms with Crippen molar-refractivity contribution in [1.29, 1.82) is 0 Å². The van der Waals surface area contributed by atoms with E-state index in [4.69, 9.17) is 5.73 Å². The van der Waals surface area contributed by atoms with Crippen LogP contribution in [0.1, 0.15) is 10.4 Å². The van der Waals surface area contributed by atoms with Gasteiger partial charge in [-0.3, -0.25) is 0 Å². The molecule has 3 N–H and O–H groups in total. The molecule has 0 bridgehead atoms. The van der Waals surface area contributed by atoms with Gasteiger partial charge in [0.05, 0.1) is 4.90 Å². The number of hydrogen-bond donors (Lipinski definition) is 2. The Hall–Kier alpha value is -0.410. The van der Waals surface area contributed by atoms with Crippen LogP contribution < -0.4 is 10.5 Å². The molecule has 0 saturated carbocycles. The Morgan fingerprint density at radius 1 is 1.25 bits per heavy atom. The molecule has 1 heterocycles. The van der Waals surface area contributed by atoms with Crippen LogP contribution in [-0.4, -0.2) is 8.42 Å². The molecule has 1 aromatic heterocycles. The molecule has 0 unspecified atom stereocenters. The number of nitrogen functional groups attached to an aromatic ring is 1. The number of nitrogens with one attached hydrogen (secondary N) is 1. The maximum absolute atomic E-state index is 12.3. The summed E-state index contributed by atoms with van der Waals surface area (Å²) in [5.74, 6) is 0. The monoisotopic (exact) mass is 438 g/mol. The van der Waals surface area contributed by atoms with Crippen LogP contribution in [0.2, 0.25) is 0 Å². The van der Waals surface area contributed by atoms with Gasteiger partial charge in [-0.2, -0.15) is 0 Å². The van der Waals surface area contributed by atoms with Crippen LogP contribution in [0.4, 0.5) is 5.69 Å². The van der Waals surface area contributed by atoms with Crippen LogP contribution in [0.5, 0.6) is 0 Å². The largest absolute Gasteiger partial charge is 0.398 e. The Bertz CT molecular complexity index is 742. The fourth-order valence-corrected chi connectivity index (χ4v) is 5.06. The molecule has 8 heteroatoms. The third-order valence-electron chi connectivity index (χ3n) is 2.71. The second-order valence-electron chi connectivity index (χ2n) is 4.17. The highest BCUT2D eigenvalue weighted by Gasteiger charge is 2.19. The van der Waals surface area contributed by atoms with Gasteiger partial charge in [-0.1, -0.05) is 15.9 Å². The standard InChI is InChI=1S/C12H12Br2N2O2S2/c1-7-11(15)3-8(13)4-12(7)20(17,18)16-5-10-2-9(14)6-19-10/h2-4,6,16H,5,15H2,1H3. The second kappa shape index (κ2) is 6.15. The fourth-order valence-electron chi connectivity index (χ4n) is 1.64. The first-order valence-corrected chi connectivity index (χ1v) is 9.52. The van der Waals surface area contributed by atoms with E-state index < -0.39 is 10.0 Å². The van der Waals surface area contributed by atoms with Crippen molar-refractivity contribution in [1.82, 2.24) is 4.72 Å². The summed E-state index contributed by atoms with van der Waals surface area (Å²) in [4.78, 5) is 1.13. The van der Waals surface area contributed by atoms with Crippen molar-refractivity contribution in [3.8, 4) is 0 Å². The number of benzene rings is 1. The molecule has 0 aliphatic heterocycles. The Balaban J connectivity index is 2.27. The molecule has 0 saturated heterocycles. The Kier molecular flexibility index (Phi) is 4.91. The van der Waals surface area contributed by atoms with Gasteiger partial charge in [0.15, 0.2) is 0 Å². The summed E-state index contributed by atoms with van der Waals surface area (Å²) in [5.41, 5.74) is 6.79. The number of rotatable bonds is 4. The lowest BCUT2D eigenvalue weighted by molar-refractivity contribution is 0.581. The van der Waals surface area contributed by atoms with E-state index in [9.17, 15) is 8.42 Å². The summed E-state index contributed by atoms with van der Waals surface area (Å²) in [5, 5.41) is 1.91. The lowest BCUT2D eigenvalue weighted by atomic mass is 10.2. The van der Waals surface area contributed by atoms with Gasteiger partial charge in [-0.05, 0) is 46.6 Å². The average Bonchev–Trinajstić information content (AvgIpc) is 2.77. The van der Waals surface area contributed by atoms with Crippen molar-refractivity contribution >= 4 is 58.9 Å². The zero-order chi connectivity index (χ0) is 14.9. The number of nitrogens with two attached hydrogens (primary N) is 1. The Labute approximate surface area is 138 Å². The molecule has 0 aliphatic carbocycles. The summed E-state index contributed by atoms with van der Waals surface area (Å²) in [7, 11) is -3.59. The van der Waals surface area contributed by atoms with Gasteiger partial charge in [0.1, 0.15) is 0 Å². The molecule has 1 aromatic carbocycles. The van der Waals surface area contributed by atoms with Gasteiger partial charge in [-0.25, -0.2) is 13.1 Å². The molecule has 0 atom stereocenters. The third-order valence-corrected chi connectivity index (χ3v) is 6.40. The second-order valence-corrected chi connectivity index (χ2v) is 8.74. The van der Waals surface area contributed by atoms with Crippen LogP contribution in [0.3, 0.4) is 0 Å². The molecule has 4 nitrogen and oxygen atoms in total. The topological polar surface area (TPSA) is 72.2 Å². The molecule has 0 amide bonds. The van der Waals surface area contributed by atoms with Crippen molar-refractivity contribution in [3.05, 3.63) is 43.0 Å². The van der Waals surface area contributed by atoms with Crippen LogP contribution >= 0.6 is 43.2 Å². The van der Waals surface area contributed by atoms with Gasteiger partial charge < -0.3 is 5.73 Å². The molecule has 0 spiro atoms. The summed E-state index contributed by atoms with van der Waals surface area (Å²) in [6.45, 7) is 1.95. The van der Waals surface area contributed by atoms with Crippen molar-refractivity contribution in [2.45, 2.75) is 18.4 Å². The van der Waals surface area contributed by atoms with Gasteiger partial charge >= 0.3 is 0 Å². The first kappa shape index (κ1) is 16.0. The summed E-state index contributed by atoms with van der Waals surface area (Å²) in [6.07, 6.45) is 0. The first-order chi connectivity index (χ1) is 9.29. The quantitative estimate of drug-likeness (QED) is 0.714. The van der Waals surface area contributed by atoms with Gasteiger partial charge in [0, 0.05) is 31.4 Å². The SMILES string of the molecule is Cc1c(N)cc(Br)cc1S(=O)(=O)NCc1cc(Br)cs1. The number of anilines is 1. The van der Waals surface area contributed by atoms with E-state index in [2.05, 4.69) is 36.6 Å². The molecule has 0 radical (unpaired) electrons. The molecule has 2 aromatic rings.